The van der Waals surface area contributed by atoms with Crippen molar-refractivity contribution in [2.24, 2.45) is 5.92 Å². The molecule has 0 unspecified atom stereocenters. The second-order valence-corrected chi connectivity index (χ2v) is 9.21. The first-order chi connectivity index (χ1) is 15.2. The summed E-state index contributed by atoms with van der Waals surface area (Å²) >= 11 is 0. The van der Waals surface area contributed by atoms with Gasteiger partial charge in [0.25, 0.3) is 0 Å². The molecule has 2 aliphatic carbocycles. The molecule has 5 nitrogen and oxygen atoms in total. The molecule has 1 aromatic heterocycles. The Bertz CT molecular complexity index is 1200. The largest absolute Gasteiger partial charge is 0.508 e. The maximum Gasteiger partial charge on any atom is 0.446 e. The molecule has 0 amide bonds. The van der Waals surface area contributed by atoms with Gasteiger partial charge in [0.1, 0.15) is 11.5 Å². The minimum absolute atomic E-state index is 0.216. The standard InChI is InChI=1S/C22H24N2O2.C2HF3O/c25-12-4-5-17-14(9-12)20-13-10-18-15-3-1-2-6-22(15,7-8-23-18)16(13)11-19(26)21(20)24-17;3-2(4,5)1-6/h4-5,9,11,15,18,23-26H,1-3,6-8,10H2;1H/t15-,18+,22+;/m1./s1. The first-order valence-electron chi connectivity index (χ1n) is 11.0. The second kappa shape index (κ2) is 7.40. The van der Waals surface area contributed by atoms with E-state index < -0.39 is 12.5 Å². The van der Waals surface area contributed by atoms with Crippen molar-refractivity contribution in [3.05, 3.63) is 35.4 Å². The van der Waals surface area contributed by atoms with Crippen LogP contribution in [0.3, 0.4) is 0 Å². The summed E-state index contributed by atoms with van der Waals surface area (Å²) in [6.45, 7) is 1.08. The van der Waals surface area contributed by atoms with Crippen molar-refractivity contribution in [3.63, 3.8) is 0 Å². The van der Waals surface area contributed by atoms with E-state index in [9.17, 15) is 23.4 Å². The lowest BCUT2D eigenvalue weighted by atomic mass is 9.52. The number of aromatic nitrogens is 1. The number of carbonyl (C=O) groups excluding carboxylic acids is 1. The van der Waals surface area contributed by atoms with Gasteiger partial charge >= 0.3 is 6.18 Å². The number of halogens is 3. The van der Waals surface area contributed by atoms with E-state index in [4.69, 9.17) is 4.79 Å². The van der Waals surface area contributed by atoms with Crippen molar-refractivity contribution in [1.29, 1.82) is 0 Å². The summed E-state index contributed by atoms with van der Waals surface area (Å²) in [5.41, 5.74) is 4.77. The number of aromatic hydroxyl groups is 2. The summed E-state index contributed by atoms with van der Waals surface area (Å²) in [7, 11) is 0. The van der Waals surface area contributed by atoms with E-state index >= 15 is 0 Å². The molecular weight excluding hydrogens is 421 g/mol. The number of aldehydes is 1. The quantitative estimate of drug-likeness (QED) is 0.373. The third-order valence-electron chi connectivity index (χ3n) is 7.60. The number of fused-ring (bicyclic) bond motifs is 5. The van der Waals surface area contributed by atoms with Crippen LogP contribution in [0.25, 0.3) is 21.8 Å². The first-order valence-corrected chi connectivity index (χ1v) is 11.0. The Hall–Kier alpha value is -2.74. The van der Waals surface area contributed by atoms with Crippen LogP contribution in [0.2, 0.25) is 0 Å². The minimum atomic E-state index is -4.64. The molecule has 0 radical (unpaired) electrons. The van der Waals surface area contributed by atoms with Crippen molar-refractivity contribution >= 4 is 28.1 Å². The number of alkyl halides is 3. The molecule has 8 heteroatoms. The summed E-state index contributed by atoms with van der Waals surface area (Å²) in [5.74, 6) is 1.32. The fraction of sp³-hybridized carbons (Fsp3) is 0.458. The van der Waals surface area contributed by atoms with Gasteiger partial charge in [-0.15, -0.1) is 0 Å². The lowest BCUT2D eigenvalue weighted by Crippen LogP contribution is -2.59. The third-order valence-corrected chi connectivity index (χ3v) is 7.60. The number of nitrogens with one attached hydrogen (secondary N) is 2. The van der Waals surface area contributed by atoms with E-state index in [0.29, 0.717) is 17.7 Å². The van der Waals surface area contributed by atoms with E-state index in [-0.39, 0.29) is 11.2 Å². The zero-order valence-electron chi connectivity index (χ0n) is 17.4. The minimum Gasteiger partial charge on any atom is -0.508 e. The molecule has 1 aliphatic heterocycles. The van der Waals surface area contributed by atoms with Crippen molar-refractivity contribution in [1.82, 2.24) is 10.3 Å². The SMILES string of the molecule is O=CC(F)(F)F.Oc1ccc2[nH]c3c(O)cc4c(c3c2c1)C[C@@H]1NCC[C@]42CCCC[C@H]12. The molecule has 1 saturated carbocycles. The Labute approximate surface area is 182 Å². The number of phenolic OH excluding ortho intramolecular Hbond substituents is 2. The number of phenols is 2. The molecule has 3 aromatic rings. The molecular formula is C24H25F3N2O3. The zero-order chi connectivity index (χ0) is 22.7. The molecule has 6 rings (SSSR count). The van der Waals surface area contributed by atoms with Crippen molar-refractivity contribution < 1.29 is 28.2 Å². The Kier molecular flexibility index (Phi) is 4.89. The van der Waals surface area contributed by atoms with Gasteiger partial charge in [-0.1, -0.05) is 12.8 Å². The van der Waals surface area contributed by atoms with Crippen molar-refractivity contribution in [3.8, 4) is 11.5 Å². The molecule has 4 N–H and O–H groups in total. The van der Waals surface area contributed by atoms with Gasteiger partial charge in [0, 0.05) is 27.7 Å². The highest BCUT2D eigenvalue weighted by atomic mass is 19.4. The van der Waals surface area contributed by atoms with Gasteiger partial charge in [-0.3, -0.25) is 4.79 Å². The Balaban J connectivity index is 0.000000322. The zero-order valence-corrected chi connectivity index (χ0v) is 17.4. The summed E-state index contributed by atoms with van der Waals surface area (Å²) < 4.78 is 31.2. The maximum absolute atomic E-state index is 10.9. The number of benzene rings is 2. The van der Waals surface area contributed by atoms with Crippen LogP contribution in [-0.4, -0.2) is 40.2 Å². The van der Waals surface area contributed by atoms with Gasteiger partial charge in [0.15, 0.2) is 0 Å². The molecule has 1 saturated heterocycles. The number of hydrogen-bond acceptors (Lipinski definition) is 4. The molecule has 3 aliphatic rings. The molecule has 170 valence electrons. The highest BCUT2D eigenvalue weighted by Crippen LogP contribution is 2.56. The van der Waals surface area contributed by atoms with Crippen LogP contribution < -0.4 is 5.32 Å². The molecule has 2 fully saturated rings. The molecule has 2 aromatic carbocycles. The summed E-state index contributed by atoms with van der Waals surface area (Å²) in [4.78, 5) is 12.1. The van der Waals surface area contributed by atoms with E-state index in [1.165, 1.54) is 43.2 Å². The monoisotopic (exact) mass is 446 g/mol. The average molecular weight is 446 g/mol. The maximum atomic E-state index is 10.9. The number of aromatic amines is 1. The van der Waals surface area contributed by atoms with Crippen LogP contribution in [0.5, 0.6) is 11.5 Å². The lowest BCUT2D eigenvalue weighted by molar-refractivity contribution is -0.156. The second-order valence-electron chi connectivity index (χ2n) is 9.21. The highest BCUT2D eigenvalue weighted by molar-refractivity contribution is 6.12. The van der Waals surface area contributed by atoms with Gasteiger partial charge in [-0.05, 0) is 73.5 Å². The smallest absolute Gasteiger partial charge is 0.446 e. The number of piperidine rings is 1. The molecule has 2 bridgehead atoms. The van der Waals surface area contributed by atoms with E-state index in [0.717, 1.165) is 34.8 Å². The predicted molar refractivity (Wildman–Crippen MR) is 115 cm³/mol. The summed E-state index contributed by atoms with van der Waals surface area (Å²) in [6.07, 6.45) is 1.63. The van der Waals surface area contributed by atoms with E-state index in [1.807, 2.05) is 12.1 Å². The Morgan fingerprint density at radius 3 is 2.66 bits per heavy atom. The number of carbonyl (C=O) groups is 1. The van der Waals surface area contributed by atoms with Crippen LogP contribution in [-0.2, 0) is 16.6 Å². The van der Waals surface area contributed by atoms with Crippen molar-refractivity contribution in [2.75, 3.05) is 6.54 Å². The van der Waals surface area contributed by atoms with Gasteiger partial charge in [0.05, 0.1) is 5.52 Å². The average Bonchev–Trinajstić information content (AvgIpc) is 3.14. The van der Waals surface area contributed by atoms with Crippen molar-refractivity contribution in [2.45, 2.75) is 56.2 Å². The first kappa shape index (κ1) is 21.1. The highest BCUT2D eigenvalue weighted by Gasteiger charge is 2.52. The van der Waals surface area contributed by atoms with Gasteiger partial charge in [-0.25, -0.2) is 0 Å². The Morgan fingerprint density at radius 1 is 1.12 bits per heavy atom. The topological polar surface area (TPSA) is 85.3 Å². The fourth-order valence-corrected chi connectivity index (χ4v) is 6.46. The number of rotatable bonds is 0. The summed E-state index contributed by atoms with van der Waals surface area (Å²) in [5, 5.41) is 26.8. The predicted octanol–water partition coefficient (Wildman–Crippen LogP) is 4.83. The third kappa shape index (κ3) is 3.23. The number of H-pyrrole nitrogens is 1. The van der Waals surface area contributed by atoms with Crippen LogP contribution in [0.15, 0.2) is 24.3 Å². The summed E-state index contributed by atoms with van der Waals surface area (Å²) in [6, 6.07) is 8.04. The molecule has 0 spiro atoms. The van der Waals surface area contributed by atoms with Crippen LogP contribution in [0, 0.1) is 5.92 Å². The molecule has 32 heavy (non-hydrogen) atoms. The number of hydrogen-bond donors (Lipinski definition) is 4. The van der Waals surface area contributed by atoms with E-state index in [1.54, 1.807) is 6.07 Å². The van der Waals surface area contributed by atoms with Crippen LogP contribution >= 0.6 is 0 Å². The van der Waals surface area contributed by atoms with Gasteiger partial charge < -0.3 is 20.5 Å². The Morgan fingerprint density at radius 2 is 1.91 bits per heavy atom. The fourth-order valence-electron chi connectivity index (χ4n) is 6.46. The van der Waals surface area contributed by atoms with E-state index in [2.05, 4.69) is 16.4 Å². The molecule has 3 atom stereocenters. The van der Waals surface area contributed by atoms with Crippen LogP contribution in [0.4, 0.5) is 13.2 Å². The molecule has 2 heterocycles. The van der Waals surface area contributed by atoms with Crippen LogP contribution in [0.1, 0.15) is 43.2 Å². The van der Waals surface area contributed by atoms with Gasteiger partial charge in [0.2, 0.25) is 6.29 Å². The normalized spacial score (nSPS) is 26.7. The lowest BCUT2D eigenvalue weighted by Gasteiger charge is -2.56. The van der Waals surface area contributed by atoms with Gasteiger partial charge in [-0.2, -0.15) is 13.2 Å².